The summed E-state index contributed by atoms with van der Waals surface area (Å²) in [7, 11) is -1.41. The van der Waals surface area contributed by atoms with E-state index in [0.29, 0.717) is 36.2 Å². The molecule has 3 aromatic rings. The van der Waals surface area contributed by atoms with Crippen LogP contribution in [0.25, 0.3) is 10.1 Å². The minimum absolute atomic E-state index is 0.0294. The molecule has 0 radical (unpaired) electrons. The van der Waals surface area contributed by atoms with E-state index in [4.69, 9.17) is 9.63 Å². The molecule has 220 valence electrons. The van der Waals surface area contributed by atoms with Gasteiger partial charge in [-0.3, -0.25) is 19.4 Å². The summed E-state index contributed by atoms with van der Waals surface area (Å²) >= 11 is 1.20. The van der Waals surface area contributed by atoms with Crippen molar-refractivity contribution in [3.8, 4) is 5.75 Å². The number of hydrogen-bond acceptors (Lipinski definition) is 7. The number of carbonyl (C=O) groups is 3. The fourth-order valence-electron chi connectivity index (χ4n) is 6.37. The SMILES string of the molecule is COc1ccncc1C1CN(C(=O)[C@@H]2CC[C@@H]3CCC[C@H](NC(=O)c4cc5cc([C@H](F)[P+](=O)O)ccc5s4)C(=O)N32)C1. The highest BCUT2D eigenvalue weighted by atomic mass is 32.1. The number of methoxy groups -OCH3 is 1. The Bertz CT molecular complexity index is 1560. The normalized spacial score (nSPS) is 23.6. The Morgan fingerprint density at radius 2 is 2.00 bits per heavy atom. The van der Waals surface area contributed by atoms with Gasteiger partial charge in [-0.15, -0.1) is 11.3 Å². The lowest BCUT2D eigenvalue weighted by molar-refractivity contribution is -0.148. The molecule has 3 fully saturated rings. The van der Waals surface area contributed by atoms with Gasteiger partial charge in [-0.25, -0.2) is 0 Å². The van der Waals surface area contributed by atoms with E-state index in [1.54, 1.807) is 41.4 Å². The second-order valence-electron chi connectivity index (χ2n) is 11.1. The van der Waals surface area contributed by atoms with Crippen LogP contribution >= 0.6 is 19.4 Å². The number of pyridine rings is 1. The van der Waals surface area contributed by atoms with Crippen molar-refractivity contribution in [3.63, 3.8) is 0 Å². The average molecular weight is 614 g/mol. The van der Waals surface area contributed by atoms with Crippen LogP contribution in [0.15, 0.2) is 42.7 Å². The summed E-state index contributed by atoms with van der Waals surface area (Å²) in [6.45, 7) is 1.08. The largest absolute Gasteiger partial charge is 0.547 e. The minimum Gasteiger partial charge on any atom is -0.496 e. The summed E-state index contributed by atoms with van der Waals surface area (Å²) < 4.78 is 31.4. The van der Waals surface area contributed by atoms with Crippen LogP contribution in [0.3, 0.4) is 0 Å². The van der Waals surface area contributed by atoms with Gasteiger partial charge in [-0.1, -0.05) is 6.07 Å². The molecule has 5 heterocycles. The Labute approximate surface area is 246 Å². The van der Waals surface area contributed by atoms with Gasteiger partial charge in [-0.2, -0.15) is 9.28 Å². The molecule has 3 saturated heterocycles. The Hall–Kier alpha value is -3.47. The number of thiophene rings is 1. The molecule has 2 N–H and O–H groups in total. The first-order chi connectivity index (χ1) is 20.2. The molecule has 0 bridgehead atoms. The van der Waals surface area contributed by atoms with E-state index in [9.17, 15) is 23.3 Å². The smallest absolute Gasteiger partial charge is 0.496 e. The number of alkyl halides is 1. The third kappa shape index (κ3) is 5.27. The first-order valence-electron chi connectivity index (χ1n) is 14.0. The molecule has 1 unspecified atom stereocenters. The van der Waals surface area contributed by atoms with Crippen molar-refractivity contribution >= 4 is 47.2 Å². The van der Waals surface area contributed by atoms with Crippen molar-refractivity contribution in [2.24, 2.45) is 0 Å². The molecule has 42 heavy (non-hydrogen) atoms. The fraction of sp³-hybridized carbons (Fsp3) is 0.448. The van der Waals surface area contributed by atoms with Crippen LogP contribution in [0, 0.1) is 0 Å². The van der Waals surface area contributed by atoms with Crippen molar-refractivity contribution < 1.29 is 33.0 Å². The number of halogens is 1. The molecule has 5 atom stereocenters. The average Bonchev–Trinajstić information content (AvgIpc) is 3.56. The summed E-state index contributed by atoms with van der Waals surface area (Å²) in [6.07, 6.45) is 6.80. The van der Waals surface area contributed by atoms with Gasteiger partial charge in [0.1, 0.15) is 17.8 Å². The maximum atomic E-state index is 14.1. The predicted molar refractivity (Wildman–Crippen MR) is 154 cm³/mol. The second kappa shape index (κ2) is 11.7. The number of carbonyl (C=O) groups excluding carboxylic acids is 3. The molecule has 6 rings (SSSR count). The summed E-state index contributed by atoms with van der Waals surface area (Å²) in [5, 5.41) is 3.47. The third-order valence-electron chi connectivity index (χ3n) is 8.57. The van der Waals surface area contributed by atoms with Gasteiger partial charge in [0.2, 0.25) is 11.8 Å². The zero-order chi connectivity index (χ0) is 29.5. The highest BCUT2D eigenvalue weighted by molar-refractivity contribution is 7.38. The maximum Gasteiger partial charge on any atom is 0.547 e. The number of ether oxygens (including phenoxy) is 1. The van der Waals surface area contributed by atoms with Crippen LogP contribution in [0.4, 0.5) is 4.39 Å². The van der Waals surface area contributed by atoms with E-state index < -0.39 is 31.9 Å². The molecular weight excluding hydrogens is 582 g/mol. The highest BCUT2D eigenvalue weighted by Gasteiger charge is 2.47. The summed E-state index contributed by atoms with van der Waals surface area (Å²) in [5.74, 6) is -1.85. The minimum atomic E-state index is -3.02. The van der Waals surface area contributed by atoms with Crippen molar-refractivity contribution in [1.29, 1.82) is 0 Å². The lowest BCUT2D eigenvalue weighted by atomic mass is 9.91. The molecule has 0 aliphatic carbocycles. The van der Waals surface area contributed by atoms with E-state index in [1.807, 2.05) is 6.07 Å². The van der Waals surface area contributed by atoms with Gasteiger partial charge in [-0.05, 0) is 66.3 Å². The zero-order valence-corrected chi connectivity index (χ0v) is 24.7. The van der Waals surface area contributed by atoms with Gasteiger partial charge in [0.15, 0.2) is 0 Å². The van der Waals surface area contributed by atoms with Crippen molar-refractivity contribution in [3.05, 3.63) is 58.7 Å². The summed E-state index contributed by atoms with van der Waals surface area (Å²) in [6, 6.07) is 6.58. The standard InChI is InChI=1S/C29H30FN4O6PS/c1-40-23-9-10-31-13-20(23)18-14-33(15-18)29(37)22-7-6-19-3-2-4-21(28(36)34(19)22)32-27(35)25-12-17-11-16(26(30)41(38)39)5-8-24(17)42-25/h5,8-13,18-19,21-22,26H,2-4,6-7,14-15H2,1H3,(H-,32,35,38,39)/p+1/t19-,21-,22-,26+/m0/s1. The molecule has 13 heteroatoms. The van der Waals surface area contributed by atoms with Gasteiger partial charge in [0.25, 0.3) is 5.91 Å². The number of benzene rings is 1. The van der Waals surface area contributed by atoms with Crippen molar-refractivity contribution in [2.45, 2.75) is 62.1 Å². The molecule has 0 saturated carbocycles. The Morgan fingerprint density at radius 3 is 2.76 bits per heavy atom. The van der Waals surface area contributed by atoms with Gasteiger partial charge < -0.3 is 19.9 Å². The van der Waals surface area contributed by atoms with E-state index >= 15 is 0 Å². The topological polar surface area (TPSA) is 129 Å². The number of likely N-dealkylation sites (tertiary alicyclic amines) is 1. The second-order valence-corrected chi connectivity index (χ2v) is 13.2. The molecule has 3 aliphatic rings. The first-order valence-corrected chi connectivity index (χ1v) is 16.1. The van der Waals surface area contributed by atoms with E-state index in [1.165, 1.54) is 23.5 Å². The van der Waals surface area contributed by atoms with E-state index in [0.717, 1.165) is 35.3 Å². The number of nitrogens with zero attached hydrogens (tertiary/aromatic N) is 3. The summed E-state index contributed by atoms with van der Waals surface area (Å²) in [5.41, 5.74) is 1.03. The fourth-order valence-corrected chi connectivity index (χ4v) is 7.73. The lowest BCUT2D eigenvalue weighted by Gasteiger charge is -2.42. The first kappa shape index (κ1) is 28.6. The van der Waals surface area contributed by atoms with Crippen LogP contribution in [-0.2, 0) is 14.2 Å². The molecule has 2 aromatic heterocycles. The third-order valence-corrected chi connectivity index (χ3v) is 10.4. The molecule has 10 nitrogen and oxygen atoms in total. The number of nitrogens with one attached hydrogen (secondary N) is 1. The van der Waals surface area contributed by atoms with Crippen molar-refractivity contribution in [1.82, 2.24) is 20.1 Å². The van der Waals surface area contributed by atoms with Gasteiger partial charge >= 0.3 is 13.9 Å². The van der Waals surface area contributed by atoms with E-state index in [2.05, 4.69) is 10.3 Å². The Morgan fingerprint density at radius 1 is 1.19 bits per heavy atom. The monoisotopic (exact) mass is 613 g/mol. The number of hydrogen-bond donors (Lipinski definition) is 2. The van der Waals surface area contributed by atoms with Crippen LogP contribution in [0.1, 0.15) is 64.7 Å². The molecule has 1 aromatic carbocycles. The van der Waals surface area contributed by atoms with Crippen LogP contribution in [0.5, 0.6) is 5.75 Å². The van der Waals surface area contributed by atoms with E-state index in [-0.39, 0.29) is 29.3 Å². The summed E-state index contributed by atoms with van der Waals surface area (Å²) in [4.78, 5) is 57.8. The van der Waals surface area contributed by atoms with Crippen LogP contribution in [0.2, 0.25) is 0 Å². The van der Waals surface area contributed by atoms with Crippen molar-refractivity contribution in [2.75, 3.05) is 20.2 Å². The molecular formula is C29H31FN4O6PS+. The molecule has 3 amide bonds. The predicted octanol–water partition coefficient (Wildman–Crippen LogP) is 4.28. The Kier molecular flexibility index (Phi) is 7.95. The number of rotatable bonds is 7. The number of amides is 3. The molecule has 0 spiro atoms. The zero-order valence-electron chi connectivity index (χ0n) is 22.9. The Balaban J connectivity index is 1.13. The lowest BCUT2D eigenvalue weighted by Crippen LogP contribution is -2.58. The quantitative estimate of drug-likeness (QED) is 0.381. The van der Waals surface area contributed by atoms with Gasteiger partial charge in [0.05, 0.1) is 12.0 Å². The molecule has 3 aliphatic heterocycles. The van der Waals surface area contributed by atoms with Gasteiger partial charge in [0, 0.05) is 53.3 Å². The number of fused-ring (bicyclic) bond motifs is 2. The number of aromatic nitrogens is 1. The van der Waals surface area contributed by atoms with Crippen LogP contribution in [-0.4, -0.2) is 75.7 Å². The maximum absolute atomic E-state index is 14.1. The highest BCUT2D eigenvalue weighted by Crippen LogP contribution is 2.41. The van der Waals surface area contributed by atoms with Crippen LogP contribution < -0.4 is 10.1 Å².